The molecule has 2 amide bonds. The van der Waals surface area contributed by atoms with Crippen LogP contribution in [0.4, 0.5) is 0 Å². The Morgan fingerprint density at radius 2 is 1.86 bits per heavy atom. The molecule has 1 aliphatic rings. The lowest BCUT2D eigenvalue weighted by Crippen LogP contribution is -2.32. The monoisotopic (exact) mass is 391 g/mol. The number of aromatic nitrogens is 1. The lowest BCUT2D eigenvalue weighted by atomic mass is 10.1. The van der Waals surface area contributed by atoms with Crippen molar-refractivity contribution in [1.29, 1.82) is 5.41 Å². The Labute approximate surface area is 169 Å². The maximum absolute atomic E-state index is 12.4. The van der Waals surface area contributed by atoms with Crippen molar-refractivity contribution in [2.45, 2.75) is 38.3 Å². The van der Waals surface area contributed by atoms with Crippen LogP contribution in [0.2, 0.25) is 0 Å². The fraction of sp³-hybridized carbons (Fsp3) is 0.273. The van der Waals surface area contributed by atoms with E-state index in [1.165, 1.54) is 6.08 Å². The molecule has 0 bridgehead atoms. The van der Waals surface area contributed by atoms with Crippen LogP contribution in [0.3, 0.4) is 0 Å². The number of nitrogens with two attached hydrogens (primary N) is 1. The summed E-state index contributed by atoms with van der Waals surface area (Å²) in [6, 6.07) is 10.8. The van der Waals surface area contributed by atoms with Crippen LogP contribution in [-0.4, -0.2) is 28.6 Å². The normalized spacial score (nSPS) is 14.4. The Kier molecular flexibility index (Phi) is 6.73. The molecule has 0 aliphatic heterocycles. The molecule has 3 rings (SSSR count). The van der Waals surface area contributed by atoms with Gasteiger partial charge in [-0.2, -0.15) is 0 Å². The lowest BCUT2D eigenvalue weighted by molar-refractivity contribution is -0.117. The zero-order valence-electron chi connectivity index (χ0n) is 16.2. The SMILES string of the molecule is N=C(/C=C(\N)C(=O)NCc1cccc(C(=O)NC2CCCC2)c1)c1ccncc1. The number of hydrogen-bond acceptors (Lipinski definition) is 5. The molecular formula is C22H25N5O2. The van der Waals surface area contributed by atoms with Crippen molar-refractivity contribution in [1.82, 2.24) is 15.6 Å². The predicted molar refractivity (Wildman–Crippen MR) is 111 cm³/mol. The van der Waals surface area contributed by atoms with Crippen LogP contribution in [0.15, 0.2) is 60.6 Å². The molecule has 1 fully saturated rings. The largest absolute Gasteiger partial charge is 0.394 e. The van der Waals surface area contributed by atoms with Crippen LogP contribution in [0, 0.1) is 5.41 Å². The number of allylic oxidation sites excluding steroid dienone is 1. The highest BCUT2D eigenvalue weighted by Crippen LogP contribution is 2.18. The van der Waals surface area contributed by atoms with E-state index in [0.717, 1.165) is 31.2 Å². The zero-order valence-corrected chi connectivity index (χ0v) is 16.2. The van der Waals surface area contributed by atoms with Gasteiger partial charge in [-0.15, -0.1) is 0 Å². The van der Waals surface area contributed by atoms with Crippen LogP contribution >= 0.6 is 0 Å². The van der Waals surface area contributed by atoms with Gasteiger partial charge in [-0.1, -0.05) is 25.0 Å². The highest BCUT2D eigenvalue weighted by molar-refractivity contribution is 6.10. The number of amides is 2. The first-order valence-corrected chi connectivity index (χ1v) is 9.67. The van der Waals surface area contributed by atoms with Crippen LogP contribution in [0.25, 0.3) is 0 Å². The molecule has 1 heterocycles. The van der Waals surface area contributed by atoms with E-state index in [0.29, 0.717) is 11.1 Å². The molecule has 1 saturated carbocycles. The summed E-state index contributed by atoms with van der Waals surface area (Å²) in [7, 11) is 0. The second kappa shape index (κ2) is 9.64. The Morgan fingerprint density at radius 1 is 1.14 bits per heavy atom. The van der Waals surface area contributed by atoms with Crippen molar-refractivity contribution in [3.63, 3.8) is 0 Å². The van der Waals surface area contributed by atoms with Crippen LogP contribution < -0.4 is 16.4 Å². The molecule has 0 radical (unpaired) electrons. The quantitative estimate of drug-likeness (QED) is 0.427. The van der Waals surface area contributed by atoms with Crippen molar-refractivity contribution in [2.24, 2.45) is 5.73 Å². The summed E-state index contributed by atoms with van der Waals surface area (Å²) in [5.74, 6) is -0.556. The van der Waals surface area contributed by atoms with E-state index in [1.54, 1.807) is 42.7 Å². The van der Waals surface area contributed by atoms with Crippen LogP contribution in [0.5, 0.6) is 0 Å². The standard InChI is InChI=1S/C22H25N5O2/c23-19(16-8-10-25-11-9-16)13-20(24)22(29)26-14-15-4-3-5-17(12-15)21(28)27-18-6-1-2-7-18/h3-5,8-13,18,23H,1-2,6-7,14,24H2,(H,26,29)(H,27,28)/b20-13-,23-19?. The Hall–Kier alpha value is -3.48. The third-order valence-electron chi connectivity index (χ3n) is 4.89. The molecule has 0 saturated heterocycles. The number of carbonyl (C=O) groups excluding carboxylic acids is 2. The Bertz CT molecular complexity index is 918. The van der Waals surface area contributed by atoms with Gasteiger partial charge in [0.25, 0.3) is 11.8 Å². The third-order valence-corrected chi connectivity index (χ3v) is 4.89. The average molecular weight is 391 g/mol. The minimum absolute atomic E-state index is 0.0538. The molecule has 0 atom stereocenters. The topological polar surface area (TPSA) is 121 Å². The fourth-order valence-corrected chi connectivity index (χ4v) is 3.28. The van der Waals surface area contributed by atoms with E-state index in [9.17, 15) is 9.59 Å². The van der Waals surface area contributed by atoms with Crippen molar-refractivity contribution >= 4 is 17.5 Å². The highest BCUT2D eigenvalue weighted by Gasteiger charge is 2.18. The Balaban J connectivity index is 1.56. The molecule has 0 unspecified atom stereocenters. The van der Waals surface area contributed by atoms with Gasteiger partial charge in [0.05, 0.1) is 11.4 Å². The summed E-state index contributed by atoms with van der Waals surface area (Å²) in [5, 5.41) is 13.8. The molecule has 150 valence electrons. The summed E-state index contributed by atoms with van der Waals surface area (Å²) in [5.41, 5.74) is 7.89. The van der Waals surface area contributed by atoms with E-state index in [2.05, 4.69) is 15.6 Å². The first kappa shape index (κ1) is 20.3. The number of carbonyl (C=O) groups is 2. The fourth-order valence-electron chi connectivity index (χ4n) is 3.28. The van der Waals surface area contributed by atoms with E-state index in [4.69, 9.17) is 11.1 Å². The molecule has 7 nitrogen and oxygen atoms in total. The molecule has 0 spiro atoms. The molecule has 7 heteroatoms. The number of hydrogen-bond donors (Lipinski definition) is 4. The van der Waals surface area contributed by atoms with Gasteiger partial charge in [-0.05, 0) is 48.7 Å². The Morgan fingerprint density at radius 3 is 2.59 bits per heavy atom. The van der Waals surface area contributed by atoms with Crippen molar-refractivity contribution in [3.8, 4) is 0 Å². The number of nitrogens with one attached hydrogen (secondary N) is 3. The molecule has 5 N–H and O–H groups in total. The van der Waals surface area contributed by atoms with Gasteiger partial charge in [0.15, 0.2) is 0 Å². The van der Waals surface area contributed by atoms with E-state index in [1.807, 2.05) is 6.07 Å². The van der Waals surface area contributed by atoms with Gasteiger partial charge in [0.2, 0.25) is 0 Å². The zero-order chi connectivity index (χ0) is 20.6. The van der Waals surface area contributed by atoms with Crippen LogP contribution in [0.1, 0.15) is 47.2 Å². The maximum atomic E-state index is 12.4. The highest BCUT2D eigenvalue weighted by atomic mass is 16.2. The first-order chi connectivity index (χ1) is 14.0. The van der Waals surface area contributed by atoms with E-state index < -0.39 is 5.91 Å². The van der Waals surface area contributed by atoms with Gasteiger partial charge in [0, 0.05) is 36.1 Å². The van der Waals surface area contributed by atoms with Gasteiger partial charge >= 0.3 is 0 Å². The predicted octanol–water partition coefficient (Wildman–Crippen LogP) is 2.28. The van der Waals surface area contributed by atoms with Gasteiger partial charge in [-0.25, -0.2) is 0 Å². The molecule has 29 heavy (non-hydrogen) atoms. The molecular weight excluding hydrogens is 366 g/mol. The van der Waals surface area contributed by atoms with E-state index >= 15 is 0 Å². The maximum Gasteiger partial charge on any atom is 0.267 e. The summed E-state index contributed by atoms with van der Waals surface area (Å²) in [6.45, 7) is 0.237. The van der Waals surface area contributed by atoms with Crippen LogP contribution in [-0.2, 0) is 11.3 Å². The summed E-state index contributed by atoms with van der Waals surface area (Å²) >= 11 is 0. The number of pyridine rings is 1. The third kappa shape index (κ3) is 5.75. The molecule has 1 aromatic heterocycles. The smallest absolute Gasteiger partial charge is 0.267 e. The minimum atomic E-state index is -0.468. The molecule has 1 aliphatic carbocycles. The van der Waals surface area contributed by atoms with Crippen molar-refractivity contribution in [3.05, 3.63) is 77.3 Å². The van der Waals surface area contributed by atoms with Gasteiger partial charge < -0.3 is 21.8 Å². The number of benzene rings is 1. The van der Waals surface area contributed by atoms with Crippen molar-refractivity contribution < 1.29 is 9.59 Å². The summed E-state index contributed by atoms with van der Waals surface area (Å²) in [4.78, 5) is 28.5. The van der Waals surface area contributed by atoms with Gasteiger partial charge in [0.1, 0.15) is 0 Å². The molecule has 2 aromatic rings. The average Bonchev–Trinajstić information content (AvgIpc) is 3.25. The number of rotatable bonds is 7. The minimum Gasteiger partial charge on any atom is -0.394 e. The first-order valence-electron chi connectivity index (χ1n) is 9.67. The lowest BCUT2D eigenvalue weighted by Gasteiger charge is -2.12. The second-order valence-electron chi connectivity index (χ2n) is 7.09. The number of nitrogens with zero attached hydrogens (tertiary/aromatic N) is 1. The van der Waals surface area contributed by atoms with Crippen molar-refractivity contribution in [2.75, 3.05) is 0 Å². The second-order valence-corrected chi connectivity index (χ2v) is 7.09. The molecule has 1 aromatic carbocycles. The summed E-state index contributed by atoms with van der Waals surface area (Å²) in [6.07, 6.45) is 8.84. The van der Waals surface area contributed by atoms with E-state index in [-0.39, 0.29) is 29.9 Å². The summed E-state index contributed by atoms with van der Waals surface area (Å²) < 4.78 is 0. The van der Waals surface area contributed by atoms with Gasteiger partial charge in [-0.3, -0.25) is 14.6 Å².